The quantitative estimate of drug-likeness (QED) is 0.155. The van der Waals surface area contributed by atoms with E-state index in [2.05, 4.69) is 31.7 Å². The monoisotopic (exact) mass is 642 g/mol. The summed E-state index contributed by atoms with van der Waals surface area (Å²) in [6.07, 6.45) is 0.274. The Labute approximate surface area is 256 Å². The van der Waals surface area contributed by atoms with Gasteiger partial charge in [0.05, 0.1) is 38.1 Å². The zero-order chi connectivity index (χ0) is 29.2. The Kier molecular flexibility index (Phi) is 12.3. The van der Waals surface area contributed by atoms with Crippen LogP contribution >= 0.6 is 27.7 Å². The molecule has 3 atom stereocenters. The highest BCUT2D eigenvalue weighted by molar-refractivity contribution is 9.11. The molecule has 1 unspecified atom stereocenters. The Morgan fingerprint density at radius 3 is 2.76 bits per heavy atom. The van der Waals surface area contributed by atoms with Crippen LogP contribution in [-0.2, 0) is 20.8 Å². The van der Waals surface area contributed by atoms with E-state index in [-0.39, 0.29) is 23.7 Å². The smallest absolute Gasteiger partial charge is 0.338 e. The maximum atomic E-state index is 12.6. The fourth-order valence-corrected chi connectivity index (χ4v) is 7.08. The molecule has 0 saturated carbocycles. The summed E-state index contributed by atoms with van der Waals surface area (Å²) in [6.45, 7) is 16.9. The maximum Gasteiger partial charge on any atom is 0.338 e. The molecule has 0 aromatic heterocycles. The van der Waals surface area contributed by atoms with E-state index in [0.29, 0.717) is 31.9 Å². The fraction of sp³-hybridized carbons (Fsp3) is 0.500. The second-order valence-corrected chi connectivity index (χ2v) is 12.9. The van der Waals surface area contributed by atoms with Crippen molar-refractivity contribution in [2.75, 3.05) is 51.8 Å². The fourth-order valence-electron chi connectivity index (χ4n) is 5.09. The summed E-state index contributed by atoms with van der Waals surface area (Å²) in [5, 5.41) is 10.5. The molecule has 0 radical (unpaired) electrons. The molecule has 0 spiro atoms. The lowest BCUT2D eigenvalue weighted by atomic mass is 9.96. The van der Waals surface area contributed by atoms with Crippen molar-refractivity contribution in [1.82, 2.24) is 4.90 Å². The zero-order valence-corrected chi connectivity index (χ0v) is 26.2. The van der Waals surface area contributed by atoms with Crippen LogP contribution in [0.2, 0.25) is 0 Å². The highest BCUT2D eigenvalue weighted by Crippen LogP contribution is 2.44. The number of benzene rings is 2. The van der Waals surface area contributed by atoms with E-state index in [9.17, 15) is 9.90 Å². The van der Waals surface area contributed by atoms with Gasteiger partial charge in [0.1, 0.15) is 6.61 Å². The predicted octanol–water partition coefficient (Wildman–Crippen LogP) is 6.34. The van der Waals surface area contributed by atoms with Crippen molar-refractivity contribution in [1.29, 1.82) is 0 Å². The van der Waals surface area contributed by atoms with Gasteiger partial charge in [-0.3, -0.25) is 4.90 Å². The van der Waals surface area contributed by atoms with Gasteiger partial charge < -0.3 is 19.3 Å². The van der Waals surface area contributed by atoms with Gasteiger partial charge in [-0.15, -0.1) is 11.8 Å². The Bertz CT molecular complexity index is 1240. The molecule has 2 aromatic carbocycles. The molecule has 0 amide bonds. The number of morpholine rings is 1. The van der Waals surface area contributed by atoms with Gasteiger partial charge >= 0.3 is 5.97 Å². The number of carbonyl (C=O) groups is 1. The first-order valence-electron chi connectivity index (χ1n) is 14.2. The van der Waals surface area contributed by atoms with Crippen molar-refractivity contribution in [2.24, 2.45) is 17.8 Å². The van der Waals surface area contributed by atoms with Crippen LogP contribution in [0.25, 0.3) is 4.85 Å². The molecule has 7 nitrogen and oxygen atoms in total. The van der Waals surface area contributed by atoms with Gasteiger partial charge in [0.25, 0.3) is 0 Å². The molecule has 2 aliphatic rings. The van der Waals surface area contributed by atoms with Crippen LogP contribution in [0.15, 0.2) is 63.6 Å². The summed E-state index contributed by atoms with van der Waals surface area (Å²) in [5.74, 6) is 0.823. The molecule has 1 heterocycles. The summed E-state index contributed by atoms with van der Waals surface area (Å²) >= 11 is 5.34. The minimum absolute atomic E-state index is 0.0679. The predicted molar refractivity (Wildman–Crippen MR) is 165 cm³/mol. The molecule has 1 fully saturated rings. The molecule has 4 rings (SSSR count). The minimum Gasteiger partial charge on any atom is -0.461 e. The van der Waals surface area contributed by atoms with Crippen LogP contribution in [0, 0.1) is 24.3 Å². The van der Waals surface area contributed by atoms with E-state index in [0.717, 1.165) is 64.7 Å². The molecule has 220 valence electrons. The van der Waals surface area contributed by atoms with Gasteiger partial charge in [-0.25, -0.2) is 9.64 Å². The summed E-state index contributed by atoms with van der Waals surface area (Å²) in [7, 11) is 0. The number of hydrogen-bond acceptors (Lipinski definition) is 7. The van der Waals surface area contributed by atoms with Crippen molar-refractivity contribution in [3.8, 4) is 0 Å². The number of aliphatic hydroxyl groups excluding tert-OH is 1. The molecule has 1 N–H and O–H groups in total. The Morgan fingerprint density at radius 1 is 1.22 bits per heavy atom. The van der Waals surface area contributed by atoms with Gasteiger partial charge in [-0.1, -0.05) is 54.0 Å². The number of hydrogen-bond donors (Lipinski definition) is 1. The second kappa shape index (κ2) is 15.9. The van der Waals surface area contributed by atoms with Crippen LogP contribution in [0.5, 0.6) is 0 Å². The van der Waals surface area contributed by atoms with Crippen LogP contribution in [0.3, 0.4) is 0 Å². The number of ether oxygens (including phenoxy) is 3. The van der Waals surface area contributed by atoms with Crippen molar-refractivity contribution < 1.29 is 24.1 Å². The first-order valence-corrected chi connectivity index (χ1v) is 15.9. The van der Waals surface area contributed by atoms with Gasteiger partial charge in [0.2, 0.25) is 0 Å². The zero-order valence-electron chi connectivity index (χ0n) is 23.8. The SMILES string of the molecule is [C-]#[N+]C1=C(Br)C[C@H](COCc2cccc(C(=O)OCCN3CCOCC3)c2)[C@H]1CSc1cccc(C(O)C(C)C)c1. The number of allylic oxidation sites excluding steroid dienone is 2. The van der Waals surface area contributed by atoms with E-state index in [1.54, 1.807) is 17.8 Å². The maximum absolute atomic E-state index is 12.6. The third kappa shape index (κ3) is 9.15. The van der Waals surface area contributed by atoms with E-state index in [1.165, 1.54) is 0 Å². The largest absolute Gasteiger partial charge is 0.461 e. The molecule has 0 bridgehead atoms. The third-order valence-corrected chi connectivity index (χ3v) is 9.37. The lowest BCUT2D eigenvalue weighted by molar-refractivity contribution is 0.0195. The molecule has 1 saturated heterocycles. The van der Waals surface area contributed by atoms with E-state index < -0.39 is 6.10 Å². The second-order valence-electron chi connectivity index (χ2n) is 10.9. The molecule has 1 aliphatic carbocycles. The number of esters is 1. The van der Waals surface area contributed by atoms with E-state index in [1.807, 2.05) is 50.2 Å². The molecule has 2 aromatic rings. The van der Waals surface area contributed by atoms with Crippen molar-refractivity contribution in [2.45, 2.75) is 37.9 Å². The molecule has 1 aliphatic heterocycles. The lowest BCUT2D eigenvalue weighted by Crippen LogP contribution is -2.38. The number of nitrogens with zero attached hydrogens (tertiary/aromatic N) is 2. The number of halogens is 1. The average Bonchev–Trinajstić information content (AvgIpc) is 3.29. The van der Waals surface area contributed by atoms with Crippen LogP contribution in [0.1, 0.15) is 47.9 Å². The Hall–Kier alpha value is -2.19. The van der Waals surface area contributed by atoms with Gasteiger partial charge in [0.15, 0.2) is 5.70 Å². The third-order valence-electron chi connectivity index (χ3n) is 7.53. The van der Waals surface area contributed by atoms with Crippen molar-refractivity contribution in [3.05, 3.63) is 86.8 Å². The first-order chi connectivity index (χ1) is 19.9. The highest BCUT2D eigenvalue weighted by atomic mass is 79.9. The molecule has 41 heavy (non-hydrogen) atoms. The summed E-state index contributed by atoms with van der Waals surface area (Å²) in [4.78, 5) is 19.8. The van der Waals surface area contributed by atoms with Crippen LogP contribution in [-0.4, -0.2) is 67.8 Å². The summed E-state index contributed by atoms with van der Waals surface area (Å²) < 4.78 is 17.9. The van der Waals surface area contributed by atoms with Gasteiger partial charge in [-0.05, 0) is 63.9 Å². The molecular formula is C32H39BrN2O5S. The molecular weight excluding hydrogens is 604 g/mol. The first kappa shape index (κ1) is 31.7. The van der Waals surface area contributed by atoms with Crippen LogP contribution in [0.4, 0.5) is 0 Å². The lowest BCUT2D eigenvalue weighted by Gasteiger charge is -2.26. The van der Waals surface area contributed by atoms with Crippen LogP contribution < -0.4 is 0 Å². The van der Waals surface area contributed by atoms with Crippen molar-refractivity contribution >= 4 is 33.7 Å². The number of rotatable bonds is 13. The van der Waals surface area contributed by atoms with Gasteiger partial charge in [0, 0.05) is 37.1 Å². The number of carbonyl (C=O) groups excluding carboxylic acids is 1. The number of thioether (sulfide) groups is 1. The topological polar surface area (TPSA) is 72.6 Å². The van der Waals surface area contributed by atoms with E-state index >= 15 is 0 Å². The number of aliphatic hydroxyl groups is 1. The van der Waals surface area contributed by atoms with Gasteiger partial charge in [-0.2, -0.15) is 0 Å². The highest BCUT2D eigenvalue weighted by Gasteiger charge is 2.35. The minimum atomic E-state index is -0.494. The summed E-state index contributed by atoms with van der Waals surface area (Å²) in [6, 6.07) is 15.4. The van der Waals surface area contributed by atoms with Crippen molar-refractivity contribution in [3.63, 3.8) is 0 Å². The Balaban J connectivity index is 1.28. The summed E-state index contributed by atoms with van der Waals surface area (Å²) in [5.41, 5.74) is 3.12. The average molecular weight is 644 g/mol. The standard InChI is InChI=1S/C32H39BrN2O5S/c1-22(2)31(36)24-7-5-9-27(17-24)41-21-28-26(18-29(33)30(28)34-3)20-39-19-23-6-4-8-25(16-23)32(37)40-15-12-35-10-13-38-14-11-35/h4-9,16-17,22,26,28,31,36H,10-15,18-21H2,1-2H3/t26-,28-,31?/m1/s1. The van der Waals surface area contributed by atoms with E-state index in [4.69, 9.17) is 20.8 Å². The Morgan fingerprint density at radius 2 is 2.00 bits per heavy atom. The normalized spacial score (nSPS) is 20.3. The molecule has 9 heteroatoms.